The number of aromatic nitrogens is 2. The predicted molar refractivity (Wildman–Crippen MR) is 96.1 cm³/mol. The number of phenols is 1. The van der Waals surface area contributed by atoms with Crippen LogP contribution in [0.3, 0.4) is 0 Å². The van der Waals surface area contributed by atoms with Crippen molar-refractivity contribution in [2.45, 2.75) is 0 Å². The third kappa shape index (κ3) is 3.98. The Labute approximate surface area is 147 Å². The van der Waals surface area contributed by atoms with Gasteiger partial charge in [-0.15, -0.1) is 10.2 Å². The largest absolute Gasteiger partial charge is 0.508 e. The summed E-state index contributed by atoms with van der Waals surface area (Å²) in [6.45, 7) is 0. The number of hydrogen-bond donors (Lipinski definition) is 2. The van der Waals surface area contributed by atoms with Gasteiger partial charge < -0.3 is 10.4 Å². The van der Waals surface area contributed by atoms with Crippen LogP contribution in [0.2, 0.25) is 0 Å². The maximum atomic E-state index is 12.2. The summed E-state index contributed by atoms with van der Waals surface area (Å²) in [7, 11) is 0. The average molecular weight is 358 g/mol. The highest BCUT2D eigenvalue weighted by molar-refractivity contribution is 7.15. The normalized spacial score (nSPS) is 11.3. The Morgan fingerprint density at radius 2 is 1.83 bits per heavy atom. The zero-order valence-corrected chi connectivity index (χ0v) is 13.9. The van der Waals surface area contributed by atoms with Crippen LogP contribution in [-0.4, -0.2) is 21.2 Å². The number of carbonyl (C=O) groups excluding carboxylic acids is 1. The fourth-order valence-corrected chi connectivity index (χ4v) is 2.87. The number of aromatic hydroxyl groups is 1. The van der Waals surface area contributed by atoms with Crippen molar-refractivity contribution in [2.24, 2.45) is 0 Å². The molecule has 2 aromatic carbocycles. The number of nitrogens with zero attached hydrogens (tertiary/aromatic N) is 2. The molecule has 2 N–H and O–H groups in total. The Morgan fingerprint density at radius 1 is 1.08 bits per heavy atom. The SMILES string of the molecule is O=C(Nc1ccccc1)c1nnc(C(Cl)=Cc2cccc(O)c2)s1. The monoisotopic (exact) mass is 357 g/mol. The highest BCUT2D eigenvalue weighted by Crippen LogP contribution is 2.26. The van der Waals surface area contributed by atoms with E-state index >= 15 is 0 Å². The van der Waals surface area contributed by atoms with Gasteiger partial charge in [-0.1, -0.05) is 53.3 Å². The topological polar surface area (TPSA) is 75.1 Å². The third-order valence-corrected chi connectivity index (χ3v) is 4.37. The smallest absolute Gasteiger partial charge is 0.286 e. The van der Waals surface area contributed by atoms with E-state index in [1.54, 1.807) is 42.5 Å². The highest BCUT2D eigenvalue weighted by atomic mass is 35.5. The molecule has 120 valence electrons. The molecule has 0 bridgehead atoms. The maximum Gasteiger partial charge on any atom is 0.286 e. The number of anilines is 1. The Kier molecular flexibility index (Phi) is 4.88. The van der Waals surface area contributed by atoms with Gasteiger partial charge in [0.1, 0.15) is 5.75 Å². The number of hydrogen-bond acceptors (Lipinski definition) is 5. The fourth-order valence-electron chi connectivity index (χ4n) is 1.94. The van der Waals surface area contributed by atoms with Crippen molar-refractivity contribution < 1.29 is 9.90 Å². The molecule has 0 saturated carbocycles. The number of nitrogens with one attached hydrogen (secondary N) is 1. The molecule has 1 heterocycles. The average Bonchev–Trinajstić information content (AvgIpc) is 3.06. The number of phenolic OH excluding ortho intramolecular Hbond substituents is 1. The second-order valence-corrected chi connectivity index (χ2v) is 6.20. The van der Waals surface area contributed by atoms with E-state index in [0.717, 1.165) is 16.9 Å². The lowest BCUT2D eigenvalue weighted by Crippen LogP contribution is -2.11. The third-order valence-electron chi connectivity index (χ3n) is 3.02. The van der Waals surface area contributed by atoms with Gasteiger partial charge in [-0.2, -0.15) is 0 Å². The number of rotatable bonds is 4. The molecule has 0 aliphatic carbocycles. The van der Waals surface area contributed by atoms with Crippen LogP contribution in [0, 0.1) is 0 Å². The lowest BCUT2D eigenvalue weighted by molar-refractivity contribution is 0.102. The van der Waals surface area contributed by atoms with E-state index in [2.05, 4.69) is 15.5 Å². The van der Waals surface area contributed by atoms with E-state index in [1.165, 1.54) is 0 Å². The zero-order valence-electron chi connectivity index (χ0n) is 12.3. The van der Waals surface area contributed by atoms with Gasteiger partial charge in [0.2, 0.25) is 5.01 Å². The summed E-state index contributed by atoms with van der Waals surface area (Å²) in [6, 6.07) is 15.8. The van der Waals surface area contributed by atoms with Crippen LogP contribution in [0.4, 0.5) is 5.69 Å². The van der Waals surface area contributed by atoms with Gasteiger partial charge in [-0.05, 0) is 35.9 Å². The number of benzene rings is 2. The van der Waals surface area contributed by atoms with Crippen LogP contribution in [0.5, 0.6) is 5.75 Å². The summed E-state index contributed by atoms with van der Waals surface area (Å²) in [6.07, 6.45) is 1.65. The van der Waals surface area contributed by atoms with E-state index in [4.69, 9.17) is 11.6 Å². The van der Waals surface area contributed by atoms with Crippen molar-refractivity contribution >= 4 is 45.6 Å². The summed E-state index contributed by atoms with van der Waals surface area (Å²) in [5, 5.41) is 21.0. The van der Waals surface area contributed by atoms with Crippen molar-refractivity contribution in [1.29, 1.82) is 0 Å². The summed E-state index contributed by atoms with van der Waals surface area (Å²) in [4.78, 5) is 12.2. The molecule has 5 nitrogen and oxygen atoms in total. The fraction of sp³-hybridized carbons (Fsp3) is 0. The Hall–Kier alpha value is -2.70. The molecule has 24 heavy (non-hydrogen) atoms. The van der Waals surface area contributed by atoms with Gasteiger partial charge in [-0.25, -0.2) is 0 Å². The molecular formula is C17H12ClN3O2S. The highest BCUT2D eigenvalue weighted by Gasteiger charge is 2.14. The van der Waals surface area contributed by atoms with E-state index in [1.807, 2.05) is 18.2 Å². The van der Waals surface area contributed by atoms with E-state index in [-0.39, 0.29) is 16.7 Å². The number of halogens is 1. The molecule has 0 fully saturated rings. The molecule has 0 radical (unpaired) electrons. The summed E-state index contributed by atoms with van der Waals surface area (Å²) < 4.78 is 0. The van der Waals surface area contributed by atoms with Crippen LogP contribution in [0.1, 0.15) is 20.4 Å². The molecular weight excluding hydrogens is 346 g/mol. The van der Waals surface area contributed by atoms with Gasteiger partial charge in [0.05, 0.1) is 5.03 Å². The number of carbonyl (C=O) groups is 1. The molecule has 3 rings (SSSR count). The zero-order chi connectivity index (χ0) is 16.9. The molecule has 0 aliphatic rings. The number of amides is 1. The maximum absolute atomic E-state index is 12.2. The molecule has 7 heteroatoms. The number of para-hydroxylation sites is 1. The lowest BCUT2D eigenvalue weighted by Gasteiger charge is -2.00. The molecule has 0 unspecified atom stereocenters. The van der Waals surface area contributed by atoms with Crippen molar-refractivity contribution in [3.63, 3.8) is 0 Å². The molecule has 1 aromatic heterocycles. The predicted octanol–water partition coefficient (Wildman–Crippen LogP) is 4.23. The quantitative estimate of drug-likeness (QED) is 0.732. The van der Waals surface area contributed by atoms with Gasteiger partial charge in [0.15, 0.2) is 5.01 Å². The van der Waals surface area contributed by atoms with Crippen molar-refractivity contribution in [3.8, 4) is 5.75 Å². The van der Waals surface area contributed by atoms with Crippen LogP contribution in [0.25, 0.3) is 11.1 Å². The first-order valence-electron chi connectivity index (χ1n) is 6.98. The molecule has 3 aromatic rings. The van der Waals surface area contributed by atoms with Crippen LogP contribution in [0.15, 0.2) is 54.6 Å². The molecule has 0 atom stereocenters. The minimum absolute atomic E-state index is 0.147. The van der Waals surface area contributed by atoms with Crippen molar-refractivity contribution in [1.82, 2.24) is 10.2 Å². The molecule has 0 aliphatic heterocycles. The van der Waals surface area contributed by atoms with Crippen molar-refractivity contribution in [3.05, 3.63) is 70.2 Å². The Balaban J connectivity index is 1.76. The second kappa shape index (κ2) is 7.25. The minimum atomic E-state index is -0.341. The summed E-state index contributed by atoms with van der Waals surface area (Å²) in [5.41, 5.74) is 1.41. The van der Waals surface area contributed by atoms with E-state index in [0.29, 0.717) is 15.7 Å². The molecule has 1 amide bonds. The van der Waals surface area contributed by atoms with Crippen LogP contribution < -0.4 is 5.32 Å². The van der Waals surface area contributed by atoms with Gasteiger partial charge in [-0.3, -0.25) is 4.79 Å². The molecule has 0 spiro atoms. The van der Waals surface area contributed by atoms with Crippen LogP contribution >= 0.6 is 22.9 Å². The Morgan fingerprint density at radius 3 is 2.58 bits per heavy atom. The summed E-state index contributed by atoms with van der Waals surface area (Å²) >= 11 is 7.32. The van der Waals surface area contributed by atoms with Gasteiger partial charge >= 0.3 is 0 Å². The lowest BCUT2D eigenvalue weighted by atomic mass is 10.2. The molecule has 0 saturated heterocycles. The standard InChI is InChI=1S/C17H12ClN3O2S/c18-14(10-11-5-4-8-13(22)9-11)16-20-21-17(24-16)15(23)19-12-6-2-1-3-7-12/h1-10,22H,(H,19,23). The van der Waals surface area contributed by atoms with E-state index in [9.17, 15) is 9.90 Å². The first-order chi connectivity index (χ1) is 11.6. The van der Waals surface area contributed by atoms with E-state index < -0.39 is 0 Å². The Bertz CT molecular complexity index is 894. The van der Waals surface area contributed by atoms with Crippen LogP contribution in [-0.2, 0) is 0 Å². The second-order valence-electron chi connectivity index (χ2n) is 4.82. The van der Waals surface area contributed by atoms with Gasteiger partial charge in [0, 0.05) is 5.69 Å². The van der Waals surface area contributed by atoms with Crippen molar-refractivity contribution in [2.75, 3.05) is 5.32 Å². The van der Waals surface area contributed by atoms with Gasteiger partial charge in [0.25, 0.3) is 5.91 Å². The first kappa shape index (κ1) is 16.2. The first-order valence-corrected chi connectivity index (χ1v) is 8.18. The minimum Gasteiger partial charge on any atom is -0.508 e. The summed E-state index contributed by atoms with van der Waals surface area (Å²) in [5.74, 6) is -0.194.